The fourth-order valence-electron chi connectivity index (χ4n) is 4.04. The van der Waals surface area contributed by atoms with Crippen molar-refractivity contribution in [2.75, 3.05) is 16.9 Å². The van der Waals surface area contributed by atoms with E-state index in [1.165, 1.54) is 35.0 Å². The number of nitrogens with one attached hydrogen (secondary N) is 2. The van der Waals surface area contributed by atoms with Crippen LogP contribution in [0.2, 0.25) is 10.0 Å². The molecule has 7 nitrogen and oxygen atoms in total. The molecule has 3 heterocycles. The first kappa shape index (κ1) is 19.4. The number of fused-ring (bicyclic) bond motifs is 2. The van der Waals surface area contributed by atoms with Crippen LogP contribution in [0.5, 0.6) is 5.88 Å². The van der Waals surface area contributed by atoms with E-state index in [0.29, 0.717) is 27.6 Å². The maximum atomic E-state index is 13.1. The second-order valence-electron chi connectivity index (χ2n) is 7.90. The smallest absolute Gasteiger partial charge is 0.268 e. The molecule has 1 fully saturated rings. The third-order valence-electron chi connectivity index (χ3n) is 5.73. The summed E-state index contributed by atoms with van der Waals surface area (Å²) in [5.41, 5.74) is 4.02. The van der Waals surface area contributed by atoms with Crippen LogP contribution in [0.1, 0.15) is 34.7 Å². The minimum absolute atomic E-state index is 0.0487. The SMILES string of the molecule is O=C1c2cnc(Nc3cc(C4CC4)c4[nH]ccc4c3)nc2OCN1c1c(Cl)cccc1Cl. The fraction of sp³-hybridized carbons (Fsp3) is 0.174. The Labute approximate surface area is 193 Å². The number of carbonyl (C=O) groups excluding carboxylic acids is 1. The van der Waals surface area contributed by atoms with Crippen LogP contribution < -0.4 is 15.0 Å². The summed E-state index contributed by atoms with van der Waals surface area (Å²) in [5, 5.41) is 5.11. The number of para-hydroxylation sites is 1. The number of rotatable bonds is 4. The topological polar surface area (TPSA) is 83.1 Å². The number of carbonyl (C=O) groups is 1. The molecule has 2 aliphatic rings. The van der Waals surface area contributed by atoms with Gasteiger partial charge in [0, 0.05) is 29.0 Å². The Hall–Kier alpha value is -3.29. The van der Waals surface area contributed by atoms with Crippen molar-refractivity contribution >= 4 is 57.3 Å². The Morgan fingerprint density at radius 1 is 1.16 bits per heavy atom. The minimum Gasteiger partial charge on any atom is -0.455 e. The lowest BCUT2D eigenvalue weighted by Gasteiger charge is -2.29. The van der Waals surface area contributed by atoms with Crippen molar-refractivity contribution in [1.82, 2.24) is 15.0 Å². The van der Waals surface area contributed by atoms with Gasteiger partial charge in [-0.05, 0) is 54.7 Å². The number of nitrogens with zero attached hydrogens (tertiary/aromatic N) is 3. The third kappa shape index (κ3) is 3.25. The Bertz CT molecular complexity index is 1360. The van der Waals surface area contributed by atoms with Gasteiger partial charge in [0.15, 0.2) is 6.73 Å². The highest BCUT2D eigenvalue weighted by Gasteiger charge is 2.31. The molecule has 9 heteroatoms. The Morgan fingerprint density at radius 3 is 2.75 bits per heavy atom. The number of aromatic nitrogens is 3. The molecular formula is C23H17Cl2N5O2. The molecule has 0 unspecified atom stereocenters. The quantitative estimate of drug-likeness (QED) is 0.392. The molecule has 1 aliphatic heterocycles. The fourth-order valence-corrected chi connectivity index (χ4v) is 4.65. The molecule has 160 valence electrons. The number of H-pyrrole nitrogens is 1. The first-order valence-corrected chi connectivity index (χ1v) is 11.0. The van der Waals surface area contributed by atoms with E-state index in [4.69, 9.17) is 27.9 Å². The lowest BCUT2D eigenvalue weighted by molar-refractivity contribution is 0.0932. The van der Waals surface area contributed by atoms with Crippen LogP contribution in [0.15, 0.2) is 48.8 Å². The molecule has 1 saturated carbocycles. The van der Waals surface area contributed by atoms with Crippen molar-refractivity contribution in [1.29, 1.82) is 0 Å². The summed E-state index contributed by atoms with van der Waals surface area (Å²) in [5.74, 6) is 0.845. The Balaban J connectivity index is 1.30. The van der Waals surface area contributed by atoms with Crippen LogP contribution in [0.3, 0.4) is 0 Å². The average Bonchev–Trinajstić information content (AvgIpc) is 3.52. The lowest BCUT2D eigenvalue weighted by Crippen LogP contribution is -2.39. The molecule has 0 bridgehead atoms. The number of hydrogen-bond donors (Lipinski definition) is 2. The maximum Gasteiger partial charge on any atom is 0.268 e. The van der Waals surface area contributed by atoms with E-state index >= 15 is 0 Å². The van der Waals surface area contributed by atoms with Crippen molar-refractivity contribution in [2.45, 2.75) is 18.8 Å². The van der Waals surface area contributed by atoms with Crippen LogP contribution in [0.4, 0.5) is 17.3 Å². The molecule has 1 amide bonds. The number of anilines is 3. The highest BCUT2D eigenvalue weighted by molar-refractivity contribution is 6.40. The first-order valence-electron chi connectivity index (χ1n) is 10.2. The zero-order valence-electron chi connectivity index (χ0n) is 16.7. The van der Waals surface area contributed by atoms with E-state index in [-0.39, 0.29) is 24.1 Å². The summed E-state index contributed by atoms with van der Waals surface area (Å²) < 4.78 is 5.77. The minimum atomic E-state index is -0.322. The van der Waals surface area contributed by atoms with Crippen LogP contribution in [0, 0.1) is 0 Å². The van der Waals surface area contributed by atoms with Gasteiger partial charge in [-0.1, -0.05) is 29.3 Å². The van der Waals surface area contributed by atoms with Gasteiger partial charge in [-0.3, -0.25) is 9.69 Å². The molecule has 4 aromatic rings. The van der Waals surface area contributed by atoms with Crippen LogP contribution in [0.25, 0.3) is 10.9 Å². The van der Waals surface area contributed by atoms with E-state index in [1.54, 1.807) is 18.2 Å². The summed E-state index contributed by atoms with van der Waals surface area (Å²) >= 11 is 12.5. The number of amides is 1. The van der Waals surface area contributed by atoms with Crippen molar-refractivity contribution < 1.29 is 9.53 Å². The summed E-state index contributed by atoms with van der Waals surface area (Å²) in [6.07, 6.45) is 5.82. The number of benzene rings is 2. The maximum absolute atomic E-state index is 13.1. The predicted octanol–water partition coefficient (Wildman–Crippen LogP) is 5.88. The Kier molecular flexibility index (Phi) is 4.48. The highest BCUT2D eigenvalue weighted by Crippen LogP contribution is 2.44. The molecule has 32 heavy (non-hydrogen) atoms. The van der Waals surface area contributed by atoms with Gasteiger partial charge in [-0.15, -0.1) is 0 Å². The second-order valence-corrected chi connectivity index (χ2v) is 8.71. The van der Waals surface area contributed by atoms with Gasteiger partial charge >= 0.3 is 0 Å². The molecular weight excluding hydrogens is 449 g/mol. The third-order valence-corrected chi connectivity index (χ3v) is 6.34. The molecule has 0 saturated heterocycles. The summed E-state index contributed by atoms with van der Waals surface area (Å²) in [6, 6.07) is 11.3. The van der Waals surface area contributed by atoms with Crippen molar-refractivity contribution in [3.63, 3.8) is 0 Å². The number of hydrogen-bond acceptors (Lipinski definition) is 5. The molecule has 2 aromatic carbocycles. The van der Waals surface area contributed by atoms with Crippen LogP contribution in [-0.2, 0) is 0 Å². The Morgan fingerprint density at radius 2 is 1.97 bits per heavy atom. The standard InChI is InChI=1S/C23H17Cl2N5O2/c24-17-2-1-3-18(25)20(17)30-11-32-21-16(22(30)31)10-27-23(29-21)28-14-8-13-6-7-26-19(13)15(9-14)12-4-5-12/h1-3,6-10,12,26H,4-5,11H2,(H,27,28,29). The van der Waals surface area contributed by atoms with E-state index in [0.717, 1.165) is 11.1 Å². The van der Waals surface area contributed by atoms with E-state index in [1.807, 2.05) is 12.3 Å². The second kappa shape index (κ2) is 7.39. The number of ether oxygens (including phenoxy) is 1. The van der Waals surface area contributed by atoms with Gasteiger partial charge in [-0.2, -0.15) is 4.98 Å². The van der Waals surface area contributed by atoms with E-state index in [2.05, 4.69) is 32.4 Å². The van der Waals surface area contributed by atoms with Gasteiger partial charge < -0.3 is 15.0 Å². The predicted molar refractivity (Wildman–Crippen MR) is 124 cm³/mol. The summed E-state index contributed by atoms with van der Waals surface area (Å²) in [6.45, 7) is -0.0487. The largest absolute Gasteiger partial charge is 0.455 e. The molecule has 0 radical (unpaired) electrons. The van der Waals surface area contributed by atoms with Gasteiger partial charge in [0.1, 0.15) is 5.56 Å². The van der Waals surface area contributed by atoms with Crippen LogP contribution in [-0.4, -0.2) is 27.6 Å². The summed E-state index contributed by atoms with van der Waals surface area (Å²) in [7, 11) is 0. The van der Waals surface area contributed by atoms with Gasteiger partial charge in [0.05, 0.1) is 15.7 Å². The monoisotopic (exact) mass is 465 g/mol. The molecule has 2 aromatic heterocycles. The molecule has 0 atom stereocenters. The lowest BCUT2D eigenvalue weighted by atomic mass is 10.1. The van der Waals surface area contributed by atoms with E-state index < -0.39 is 0 Å². The number of aromatic amines is 1. The summed E-state index contributed by atoms with van der Waals surface area (Å²) in [4.78, 5) is 26.5. The van der Waals surface area contributed by atoms with Crippen molar-refractivity contribution in [3.05, 3.63) is 70.0 Å². The molecule has 2 N–H and O–H groups in total. The zero-order valence-corrected chi connectivity index (χ0v) is 18.2. The average molecular weight is 466 g/mol. The van der Waals surface area contributed by atoms with E-state index in [9.17, 15) is 4.79 Å². The zero-order chi connectivity index (χ0) is 21.8. The van der Waals surface area contributed by atoms with Gasteiger partial charge in [0.2, 0.25) is 11.8 Å². The molecule has 6 rings (SSSR count). The first-order chi connectivity index (χ1) is 15.6. The molecule has 0 spiro atoms. The highest BCUT2D eigenvalue weighted by atomic mass is 35.5. The molecule has 1 aliphatic carbocycles. The van der Waals surface area contributed by atoms with Crippen molar-refractivity contribution in [2.24, 2.45) is 0 Å². The van der Waals surface area contributed by atoms with Gasteiger partial charge in [0.25, 0.3) is 5.91 Å². The van der Waals surface area contributed by atoms with Crippen LogP contribution >= 0.6 is 23.2 Å². The van der Waals surface area contributed by atoms with Crippen molar-refractivity contribution in [3.8, 4) is 5.88 Å². The van der Waals surface area contributed by atoms with Gasteiger partial charge in [-0.25, -0.2) is 4.98 Å². The number of halogens is 2. The normalized spacial score (nSPS) is 15.6.